The van der Waals surface area contributed by atoms with Crippen LogP contribution in [0.3, 0.4) is 0 Å². The molecule has 0 N–H and O–H groups in total. The minimum atomic E-state index is 0. The van der Waals surface area contributed by atoms with Crippen LogP contribution in [0.1, 0.15) is 297 Å². The first-order valence-electron chi connectivity index (χ1n) is 47.2. The molecule has 12 heterocycles. The van der Waals surface area contributed by atoms with Crippen molar-refractivity contribution >= 4 is 65.8 Å². The van der Waals surface area contributed by atoms with Crippen LogP contribution in [-0.4, -0.2) is 185 Å². The Hall–Kier alpha value is -8.30. The zero-order valence-electron chi connectivity index (χ0n) is 78.3. The highest BCUT2D eigenvalue weighted by molar-refractivity contribution is 5.85. The van der Waals surface area contributed by atoms with Gasteiger partial charge in [-0.15, -0.1) is 0 Å². The predicted molar refractivity (Wildman–Crippen MR) is 510 cm³/mol. The fourth-order valence-electron chi connectivity index (χ4n) is 19.6. The van der Waals surface area contributed by atoms with E-state index in [1.54, 1.807) is 7.11 Å². The van der Waals surface area contributed by atoms with Crippen LogP contribution in [0, 0.1) is 50.9 Å². The van der Waals surface area contributed by atoms with Gasteiger partial charge < -0.3 is 61.3 Å². The van der Waals surface area contributed by atoms with E-state index in [4.69, 9.17) is 31.9 Å². The van der Waals surface area contributed by atoms with Gasteiger partial charge >= 0.3 is 0 Å². The van der Waals surface area contributed by atoms with Crippen LogP contribution >= 0.6 is 0 Å². The highest BCUT2D eigenvalue weighted by Crippen LogP contribution is 2.41. The molecule has 6 saturated heterocycles. The molecule has 19 heteroatoms. The molecular weight excluding hydrogens is 1540 g/mol. The van der Waals surface area contributed by atoms with E-state index in [-0.39, 0.29) is 7.43 Å². The fraction of sp³-hybridized carbons (Fsp3) is 0.600. The van der Waals surface area contributed by atoms with Crippen molar-refractivity contribution in [3.05, 3.63) is 171 Å². The first-order valence-corrected chi connectivity index (χ1v) is 47.2. The molecule has 6 aliphatic heterocycles. The monoisotopic (exact) mass is 1690 g/mol. The van der Waals surface area contributed by atoms with E-state index in [0.717, 1.165) is 82.8 Å². The topological polar surface area (TPSA) is 185 Å². The summed E-state index contributed by atoms with van der Waals surface area (Å²) < 4.78 is 38.3. The van der Waals surface area contributed by atoms with Gasteiger partial charge in [0.2, 0.25) is 0 Å². The van der Waals surface area contributed by atoms with Crippen molar-refractivity contribution in [1.82, 2.24) is 60.3 Å². The number of nitrogens with zero attached hydrogens (tertiary/aromatic N) is 12. The Labute approximate surface area is 741 Å². The van der Waals surface area contributed by atoms with Crippen molar-refractivity contribution in [3.63, 3.8) is 0 Å². The van der Waals surface area contributed by atoms with Crippen molar-refractivity contribution in [2.24, 2.45) is 16.2 Å². The number of aromatic nitrogens is 6. The molecule has 6 aliphatic rings. The maximum Gasteiger partial charge on any atom is 0.167 e. The number of unbranched alkanes of at least 4 members (excludes halogenated alkanes) is 2. The first kappa shape index (κ1) is 94.8. The Morgan fingerprint density at radius 2 is 0.565 bits per heavy atom. The summed E-state index contributed by atoms with van der Waals surface area (Å²) in [6.07, 6.45) is 20.7. The lowest BCUT2D eigenvalue weighted by molar-refractivity contribution is 0.152. The van der Waals surface area contributed by atoms with E-state index in [9.17, 15) is 0 Å². The third-order valence-corrected chi connectivity index (χ3v) is 26.3. The summed E-state index contributed by atoms with van der Waals surface area (Å²) in [5.41, 5.74) is 20.0. The summed E-state index contributed by atoms with van der Waals surface area (Å²) in [5, 5.41) is 33.3. The standard InChI is InChI=1S/C19H28N2O.C18H26N2O2.C18H26N2O.C17H24N2O.2C16H22N2O.CH4/c1-13-10-16-17(11-14(13)2)22-20-18(16)15-6-8-21(9-7-15)12-19(3,4)5;1-18(2,3)12-20-9-7-13(8-10-20)17-15-11-14(21-4)5-6-16(15)22-19-17;1-13-5-6-16-15(11-13)17(19-21-16)14-7-9-20(10-8-14)12-18(2,3)4;1-3-4-9-19-10-7-14(8-11-19)17-15-12-13(2)5-6-16(15)20-18-17;1-3-8-18-9-6-13(7-10-18)16-14-11-12(2)4-5-15(14)19-17-16;1-2-3-10-18-11-8-13(9-12-18)16-14-6-4-5-7-15(14)19-17-16;/h10-11,15H,6-9,12H2,1-5H3;5-6,11,13H,7-10,12H2,1-4H3;5-6,11,14H,7-10,12H2,1-4H3;5-6,12,14H,3-4,7-11H2,1-2H3;4-5,11,13H,3,6-10H2,1-2H3;4-7,13H,2-3,8-12H2,1H3;1H4. The Morgan fingerprint density at radius 3 is 0.879 bits per heavy atom. The smallest absolute Gasteiger partial charge is 0.167 e. The van der Waals surface area contributed by atoms with Gasteiger partial charge in [0, 0.05) is 87.5 Å². The number of rotatable bonds is 18. The predicted octanol–water partition coefficient (Wildman–Crippen LogP) is 25.4. The summed E-state index contributed by atoms with van der Waals surface area (Å²) in [4.78, 5) is 15.5. The maximum absolute atomic E-state index is 5.58. The van der Waals surface area contributed by atoms with Gasteiger partial charge in [0.25, 0.3) is 0 Å². The van der Waals surface area contributed by atoms with Crippen LogP contribution in [0.15, 0.2) is 136 Å². The second kappa shape index (κ2) is 43.9. The molecule has 674 valence electrons. The Morgan fingerprint density at radius 1 is 0.298 bits per heavy atom. The number of likely N-dealkylation sites (tertiary alicyclic amines) is 6. The quantitative estimate of drug-likeness (QED) is 0.0789. The van der Waals surface area contributed by atoms with Gasteiger partial charge in [0.1, 0.15) is 5.75 Å². The van der Waals surface area contributed by atoms with Crippen LogP contribution in [0.4, 0.5) is 0 Å². The van der Waals surface area contributed by atoms with Gasteiger partial charge in [-0.2, -0.15) is 0 Å². The van der Waals surface area contributed by atoms with Crippen LogP contribution in [0.2, 0.25) is 0 Å². The molecule has 12 aromatic rings. The number of para-hydroxylation sites is 1. The highest BCUT2D eigenvalue weighted by atomic mass is 16.5. The molecule has 0 amide bonds. The first-order chi connectivity index (χ1) is 59.1. The van der Waals surface area contributed by atoms with E-state index in [0.29, 0.717) is 51.8 Å². The molecule has 6 aromatic carbocycles. The van der Waals surface area contributed by atoms with E-state index in [1.807, 2.05) is 48.5 Å². The lowest BCUT2D eigenvalue weighted by atomic mass is 9.89. The second-order valence-corrected chi connectivity index (χ2v) is 40.6. The minimum Gasteiger partial charge on any atom is -0.497 e. The van der Waals surface area contributed by atoms with Crippen molar-refractivity contribution in [1.29, 1.82) is 0 Å². The lowest BCUT2D eigenvalue weighted by Gasteiger charge is -2.35. The second-order valence-electron chi connectivity index (χ2n) is 40.6. The summed E-state index contributed by atoms with van der Waals surface area (Å²) in [6, 6.07) is 37.5. The van der Waals surface area contributed by atoms with Gasteiger partial charge in [-0.05, 0) is 335 Å². The third-order valence-electron chi connectivity index (χ3n) is 26.3. The van der Waals surface area contributed by atoms with Gasteiger partial charge in [0.05, 0.1) is 41.3 Å². The van der Waals surface area contributed by atoms with Crippen LogP contribution in [-0.2, 0) is 0 Å². The summed E-state index contributed by atoms with van der Waals surface area (Å²) in [5.74, 6) is 4.14. The molecule has 0 spiro atoms. The average Bonchev–Trinajstić information content (AvgIpc) is 1.66. The van der Waals surface area contributed by atoms with E-state index in [2.05, 4.69) is 239 Å². The van der Waals surface area contributed by atoms with Gasteiger partial charge in [0.15, 0.2) is 33.5 Å². The molecular formula is C105H152N12O7. The largest absolute Gasteiger partial charge is 0.497 e. The number of hydrogen-bond acceptors (Lipinski definition) is 19. The SMILES string of the molecule is C.CCCCN1CCC(c2noc3ccc(C)cc23)CC1.CCCCN1CCC(c2noc3ccccc23)CC1.CCCN1CCC(c2noc3ccc(C)cc23)CC1.COc1ccc2onc(C3CCN(CC(C)(C)C)CC3)c2c1.Cc1cc2onc(C3CCN(CC(C)(C)C)CC3)c2cc1C.Cc1ccc2onc(C3CCN(CC(C)(C)C)CC3)c2c1. The zero-order chi connectivity index (χ0) is 87.0. The van der Waals surface area contributed by atoms with Gasteiger partial charge in [-0.1, -0.05) is 181 Å². The van der Waals surface area contributed by atoms with Gasteiger partial charge in [-0.25, -0.2) is 0 Å². The number of benzene rings is 6. The van der Waals surface area contributed by atoms with Crippen molar-refractivity contribution < 1.29 is 31.9 Å². The number of aryl methyl sites for hydroxylation is 5. The molecule has 19 nitrogen and oxygen atoms in total. The van der Waals surface area contributed by atoms with Crippen molar-refractivity contribution in [3.8, 4) is 5.75 Å². The molecule has 0 saturated carbocycles. The molecule has 6 aromatic heterocycles. The normalized spacial score (nSPS) is 18.0. The maximum atomic E-state index is 5.58. The number of ether oxygens (including phenoxy) is 1. The molecule has 6 fully saturated rings. The molecule has 0 aliphatic carbocycles. The van der Waals surface area contributed by atoms with Crippen molar-refractivity contribution in [2.75, 3.05) is 125 Å². The van der Waals surface area contributed by atoms with Crippen molar-refractivity contribution in [2.45, 2.75) is 270 Å². The molecule has 0 unspecified atom stereocenters. The molecule has 0 bridgehead atoms. The Kier molecular flexibility index (Phi) is 33.6. The van der Waals surface area contributed by atoms with Gasteiger partial charge in [-0.3, -0.25) is 0 Å². The average molecular weight is 1690 g/mol. The molecule has 0 radical (unpaired) electrons. The van der Waals surface area contributed by atoms with Crippen LogP contribution in [0.25, 0.3) is 65.8 Å². The number of fused-ring (bicyclic) bond motifs is 6. The number of methoxy groups -OCH3 is 1. The summed E-state index contributed by atoms with van der Waals surface area (Å²) in [6.45, 7) is 59.6. The van der Waals surface area contributed by atoms with E-state index < -0.39 is 0 Å². The zero-order valence-corrected chi connectivity index (χ0v) is 78.3. The third kappa shape index (κ3) is 25.8. The van der Waals surface area contributed by atoms with E-state index >= 15 is 0 Å². The fourth-order valence-corrected chi connectivity index (χ4v) is 19.6. The Bertz CT molecular complexity index is 5230. The lowest BCUT2D eigenvalue weighted by Crippen LogP contribution is -2.38. The molecule has 18 rings (SSSR count). The molecule has 124 heavy (non-hydrogen) atoms. The number of piperidine rings is 6. The Balaban J connectivity index is 0.000000136. The summed E-state index contributed by atoms with van der Waals surface area (Å²) >= 11 is 0. The summed E-state index contributed by atoms with van der Waals surface area (Å²) in [7, 11) is 1.69. The van der Waals surface area contributed by atoms with Crippen LogP contribution < -0.4 is 4.74 Å². The number of hydrogen-bond donors (Lipinski definition) is 0. The minimum absolute atomic E-state index is 0. The van der Waals surface area contributed by atoms with E-state index in [1.165, 1.54) is 278 Å². The molecule has 0 atom stereocenters. The highest BCUT2D eigenvalue weighted by Gasteiger charge is 2.33. The van der Waals surface area contributed by atoms with Crippen LogP contribution in [0.5, 0.6) is 5.75 Å².